The number of hydrogen-bond acceptors (Lipinski definition) is 1. The first-order valence-electron chi connectivity index (χ1n) is 4.52. The van der Waals surface area contributed by atoms with E-state index in [4.69, 9.17) is 0 Å². The number of hydrogen-bond donors (Lipinski definition) is 0. The van der Waals surface area contributed by atoms with Crippen LogP contribution in [0.25, 0.3) is 0 Å². The average molecular weight is 177 g/mol. The molecule has 12 heavy (non-hydrogen) atoms. The van der Waals surface area contributed by atoms with E-state index >= 15 is 0 Å². The van der Waals surface area contributed by atoms with Crippen molar-refractivity contribution in [2.24, 2.45) is 5.92 Å². The molecule has 1 fully saturated rings. The summed E-state index contributed by atoms with van der Waals surface area (Å²) in [5.74, 6) is -1.98. The van der Waals surface area contributed by atoms with Crippen LogP contribution in [-0.2, 0) is 0 Å². The summed E-state index contributed by atoms with van der Waals surface area (Å²) in [6, 6.07) is 0.0439. The Morgan fingerprint density at radius 2 is 2.08 bits per heavy atom. The van der Waals surface area contributed by atoms with Crippen molar-refractivity contribution in [1.29, 1.82) is 0 Å². The van der Waals surface area contributed by atoms with Gasteiger partial charge >= 0.3 is 0 Å². The first kappa shape index (κ1) is 9.90. The third-order valence-corrected chi connectivity index (χ3v) is 2.25. The van der Waals surface area contributed by atoms with Crippen molar-refractivity contribution in [2.45, 2.75) is 39.2 Å². The summed E-state index contributed by atoms with van der Waals surface area (Å²) >= 11 is 0. The topological polar surface area (TPSA) is 3.24 Å². The Kier molecular flexibility index (Phi) is 2.71. The van der Waals surface area contributed by atoms with Crippen LogP contribution < -0.4 is 0 Å². The monoisotopic (exact) mass is 177 g/mol. The van der Waals surface area contributed by atoms with Gasteiger partial charge in [0.1, 0.15) is 0 Å². The van der Waals surface area contributed by atoms with E-state index in [2.05, 4.69) is 13.8 Å². The van der Waals surface area contributed by atoms with Crippen molar-refractivity contribution in [3.05, 3.63) is 0 Å². The fourth-order valence-corrected chi connectivity index (χ4v) is 1.79. The average Bonchev–Trinajstić information content (AvgIpc) is 2.03. The van der Waals surface area contributed by atoms with Crippen molar-refractivity contribution in [3.63, 3.8) is 0 Å². The van der Waals surface area contributed by atoms with Crippen LogP contribution >= 0.6 is 0 Å². The molecule has 1 nitrogen and oxygen atoms in total. The van der Waals surface area contributed by atoms with Crippen LogP contribution in [0.1, 0.15) is 27.2 Å². The molecular weight excluding hydrogens is 160 g/mol. The van der Waals surface area contributed by atoms with Crippen molar-refractivity contribution < 1.29 is 8.78 Å². The Morgan fingerprint density at radius 1 is 1.50 bits per heavy atom. The highest BCUT2D eigenvalue weighted by molar-refractivity contribution is 4.88. The zero-order chi connectivity index (χ0) is 9.35. The lowest BCUT2D eigenvalue weighted by Gasteiger charge is -2.22. The Bertz CT molecular complexity index is 157. The van der Waals surface area contributed by atoms with Gasteiger partial charge in [-0.3, -0.25) is 4.90 Å². The van der Waals surface area contributed by atoms with Gasteiger partial charge in [0, 0.05) is 19.0 Å². The first-order valence-corrected chi connectivity index (χ1v) is 4.52. The first-order chi connectivity index (χ1) is 5.41. The van der Waals surface area contributed by atoms with Gasteiger partial charge < -0.3 is 0 Å². The SMILES string of the molecule is CC(C)CN1CC(F)(F)C[C@@H]1C. The summed E-state index contributed by atoms with van der Waals surface area (Å²) in [5.41, 5.74) is 0. The summed E-state index contributed by atoms with van der Waals surface area (Å²) in [6.45, 7) is 6.73. The fraction of sp³-hybridized carbons (Fsp3) is 1.00. The van der Waals surface area contributed by atoms with Gasteiger partial charge in [-0.05, 0) is 12.8 Å². The molecule has 0 spiro atoms. The lowest BCUT2D eigenvalue weighted by Crippen LogP contribution is -2.32. The van der Waals surface area contributed by atoms with E-state index in [0.29, 0.717) is 5.92 Å². The lowest BCUT2D eigenvalue weighted by atomic mass is 10.2. The molecule has 0 aromatic rings. The van der Waals surface area contributed by atoms with Crippen LogP contribution in [0.2, 0.25) is 0 Å². The second-order valence-corrected chi connectivity index (χ2v) is 4.23. The van der Waals surface area contributed by atoms with E-state index in [1.165, 1.54) is 0 Å². The number of halogens is 2. The second-order valence-electron chi connectivity index (χ2n) is 4.23. The van der Waals surface area contributed by atoms with Crippen LogP contribution in [-0.4, -0.2) is 30.0 Å². The largest absolute Gasteiger partial charge is 0.294 e. The number of likely N-dealkylation sites (tertiary alicyclic amines) is 1. The molecule has 1 rings (SSSR count). The molecule has 0 bridgehead atoms. The Hall–Kier alpha value is -0.180. The molecule has 0 radical (unpaired) electrons. The standard InChI is InChI=1S/C9H17F2N/c1-7(2)5-12-6-9(10,11)4-8(12)3/h7-8H,4-6H2,1-3H3/t8-/m0/s1. The lowest BCUT2D eigenvalue weighted by molar-refractivity contribution is 0.0112. The summed E-state index contributed by atoms with van der Waals surface area (Å²) in [7, 11) is 0. The second kappa shape index (κ2) is 3.29. The van der Waals surface area contributed by atoms with Crippen molar-refractivity contribution in [2.75, 3.05) is 13.1 Å². The molecule has 1 aliphatic rings. The molecule has 1 heterocycles. The summed E-state index contributed by atoms with van der Waals surface area (Å²) < 4.78 is 25.7. The van der Waals surface area contributed by atoms with Gasteiger partial charge in [-0.25, -0.2) is 8.78 Å². The Balaban J connectivity index is 2.47. The molecule has 0 N–H and O–H groups in total. The normalized spacial score (nSPS) is 30.0. The van der Waals surface area contributed by atoms with E-state index in [0.717, 1.165) is 6.54 Å². The summed E-state index contributed by atoms with van der Waals surface area (Å²) in [5, 5.41) is 0. The minimum atomic E-state index is -2.45. The Labute approximate surface area is 72.7 Å². The van der Waals surface area contributed by atoms with Crippen molar-refractivity contribution in [3.8, 4) is 0 Å². The number of nitrogens with zero attached hydrogens (tertiary/aromatic N) is 1. The predicted octanol–water partition coefficient (Wildman–Crippen LogP) is 2.37. The minimum absolute atomic E-state index is 0.0275. The predicted molar refractivity (Wildman–Crippen MR) is 45.4 cm³/mol. The third-order valence-electron chi connectivity index (χ3n) is 2.25. The van der Waals surface area contributed by atoms with Gasteiger partial charge in [0.15, 0.2) is 0 Å². The molecule has 0 aliphatic carbocycles. The molecule has 0 aromatic heterocycles. The summed E-state index contributed by atoms with van der Waals surface area (Å²) in [6.07, 6.45) is 0.0275. The van der Waals surface area contributed by atoms with Gasteiger partial charge in [0.2, 0.25) is 0 Å². The molecule has 1 atom stereocenters. The maximum absolute atomic E-state index is 12.9. The summed E-state index contributed by atoms with van der Waals surface area (Å²) in [4.78, 5) is 1.88. The quantitative estimate of drug-likeness (QED) is 0.626. The molecule has 0 saturated carbocycles. The van der Waals surface area contributed by atoms with Gasteiger partial charge in [-0.1, -0.05) is 13.8 Å². The molecule has 0 aromatic carbocycles. The fourth-order valence-electron chi connectivity index (χ4n) is 1.79. The van der Waals surface area contributed by atoms with Gasteiger partial charge in [0.05, 0.1) is 6.54 Å². The third kappa shape index (κ3) is 2.41. The maximum atomic E-state index is 12.9. The van der Waals surface area contributed by atoms with E-state index in [1.54, 1.807) is 0 Å². The highest BCUT2D eigenvalue weighted by Crippen LogP contribution is 2.31. The Morgan fingerprint density at radius 3 is 2.42 bits per heavy atom. The molecule has 1 aliphatic heterocycles. The van der Waals surface area contributed by atoms with Crippen LogP contribution in [0.4, 0.5) is 8.78 Å². The highest BCUT2D eigenvalue weighted by atomic mass is 19.3. The van der Waals surface area contributed by atoms with Crippen LogP contribution in [0, 0.1) is 5.92 Å². The van der Waals surface area contributed by atoms with Crippen LogP contribution in [0.15, 0.2) is 0 Å². The van der Waals surface area contributed by atoms with E-state index in [1.807, 2.05) is 11.8 Å². The molecule has 3 heteroatoms. The molecular formula is C9H17F2N. The maximum Gasteiger partial charge on any atom is 0.262 e. The number of rotatable bonds is 2. The zero-order valence-electron chi connectivity index (χ0n) is 7.98. The van der Waals surface area contributed by atoms with Gasteiger partial charge in [-0.2, -0.15) is 0 Å². The molecule has 0 unspecified atom stereocenters. The van der Waals surface area contributed by atoms with Crippen LogP contribution in [0.3, 0.4) is 0 Å². The van der Waals surface area contributed by atoms with Gasteiger partial charge in [0.25, 0.3) is 5.92 Å². The van der Waals surface area contributed by atoms with Crippen LogP contribution in [0.5, 0.6) is 0 Å². The van der Waals surface area contributed by atoms with Crippen molar-refractivity contribution >= 4 is 0 Å². The molecule has 72 valence electrons. The zero-order valence-corrected chi connectivity index (χ0v) is 7.98. The van der Waals surface area contributed by atoms with E-state index < -0.39 is 5.92 Å². The van der Waals surface area contributed by atoms with Crippen molar-refractivity contribution in [1.82, 2.24) is 4.90 Å². The smallest absolute Gasteiger partial charge is 0.262 e. The van der Waals surface area contributed by atoms with Gasteiger partial charge in [-0.15, -0.1) is 0 Å². The minimum Gasteiger partial charge on any atom is -0.294 e. The van der Waals surface area contributed by atoms with E-state index in [9.17, 15) is 8.78 Å². The molecule has 1 saturated heterocycles. The molecule has 0 amide bonds. The number of alkyl halides is 2. The highest BCUT2D eigenvalue weighted by Gasteiger charge is 2.42. The van der Waals surface area contributed by atoms with E-state index in [-0.39, 0.29) is 19.0 Å².